The van der Waals surface area contributed by atoms with Gasteiger partial charge in [-0.3, -0.25) is 4.90 Å². The molecule has 0 radical (unpaired) electrons. The minimum atomic E-state index is -1.25. The Hall–Kier alpha value is -5.77. The Bertz CT molecular complexity index is 1850. The average molecular weight is 737 g/mol. The first-order chi connectivity index (χ1) is 26.4. The van der Waals surface area contributed by atoms with E-state index < -0.39 is 12.2 Å². The maximum Gasteiger partial charge on any atom is 0.234 e. The number of nitrogens with zero attached hydrogens (tertiary/aromatic N) is 7. The molecule has 282 valence electrons. The quantitative estimate of drug-likeness (QED) is 0.134. The van der Waals surface area contributed by atoms with Crippen molar-refractivity contribution in [1.29, 1.82) is 10.5 Å². The molecule has 0 amide bonds. The number of nitrogens with one attached hydrogen (secondary N) is 3. The lowest BCUT2D eigenvalue weighted by Gasteiger charge is -2.32. The minimum Gasteiger partial charge on any atom is -0.493 e. The predicted molar refractivity (Wildman–Crippen MR) is 200 cm³/mol. The van der Waals surface area contributed by atoms with Crippen LogP contribution < -0.4 is 34.9 Å². The Morgan fingerprint density at radius 2 is 1.26 bits per heavy atom. The summed E-state index contributed by atoms with van der Waals surface area (Å²) in [7, 11) is 0. The molecule has 2 aliphatic rings. The SMILES string of the molecule is CCOc1cc(CN2CCC(Nc3ncc(OC(C#N)C(C#N)Oc4cnc(NC5CCNCC5)nc4)cn3)CC2)cc(OCC)c1-c1ccc(F)cc1. The van der Waals surface area contributed by atoms with E-state index in [-0.39, 0.29) is 23.4 Å². The number of nitriles is 2. The van der Waals surface area contributed by atoms with Crippen LogP contribution in [0, 0.1) is 28.5 Å². The maximum atomic E-state index is 13.7. The first-order valence-corrected chi connectivity index (χ1v) is 18.4. The second-order valence-electron chi connectivity index (χ2n) is 13.0. The summed E-state index contributed by atoms with van der Waals surface area (Å²) in [5.74, 6) is 2.52. The molecular weight excluding hydrogens is 691 g/mol. The van der Waals surface area contributed by atoms with E-state index in [2.05, 4.69) is 40.8 Å². The van der Waals surface area contributed by atoms with Crippen LogP contribution in [0.1, 0.15) is 45.1 Å². The molecule has 0 aliphatic carbocycles. The molecular formula is C39H45FN10O4. The van der Waals surface area contributed by atoms with Crippen molar-refractivity contribution in [3.8, 4) is 46.3 Å². The second-order valence-corrected chi connectivity index (χ2v) is 13.0. The Morgan fingerprint density at radius 1 is 0.778 bits per heavy atom. The van der Waals surface area contributed by atoms with Gasteiger partial charge in [0.15, 0.2) is 11.5 Å². The van der Waals surface area contributed by atoms with Crippen molar-refractivity contribution in [1.82, 2.24) is 30.2 Å². The summed E-state index contributed by atoms with van der Waals surface area (Å²) >= 11 is 0. The molecule has 2 atom stereocenters. The number of hydrogen-bond donors (Lipinski definition) is 3. The van der Waals surface area contributed by atoms with Gasteiger partial charge in [-0.15, -0.1) is 0 Å². The van der Waals surface area contributed by atoms with E-state index in [0.717, 1.165) is 75.1 Å². The van der Waals surface area contributed by atoms with E-state index >= 15 is 0 Å². The van der Waals surface area contributed by atoms with Crippen LogP contribution in [0.2, 0.25) is 0 Å². The van der Waals surface area contributed by atoms with Gasteiger partial charge in [0.05, 0.1) is 43.6 Å². The van der Waals surface area contributed by atoms with Gasteiger partial charge in [0.2, 0.25) is 24.1 Å². The van der Waals surface area contributed by atoms with Crippen LogP contribution in [0.15, 0.2) is 61.2 Å². The number of likely N-dealkylation sites (tertiary alicyclic amines) is 1. The highest BCUT2D eigenvalue weighted by molar-refractivity contribution is 5.77. The molecule has 2 aromatic heterocycles. The zero-order valence-corrected chi connectivity index (χ0v) is 30.5. The average Bonchev–Trinajstić information content (AvgIpc) is 3.19. The number of piperidine rings is 2. The molecule has 15 heteroatoms. The summed E-state index contributed by atoms with van der Waals surface area (Å²) in [4.78, 5) is 19.8. The second kappa shape index (κ2) is 18.8. The first kappa shape index (κ1) is 38.0. The summed E-state index contributed by atoms with van der Waals surface area (Å²) in [6.45, 7) is 9.18. The topological polar surface area (TPSA) is 175 Å². The summed E-state index contributed by atoms with van der Waals surface area (Å²) in [6.07, 6.45) is 7.09. The molecule has 4 heterocycles. The van der Waals surface area contributed by atoms with Crippen molar-refractivity contribution < 1.29 is 23.3 Å². The Morgan fingerprint density at radius 3 is 1.72 bits per heavy atom. The van der Waals surface area contributed by atoms with E-state index in [0.29, 0.717) is 42.7 Å². The fourth-order valence-electron chi connectivity index (χ4n) is 6.51. The van der Waals surface area contributed by atoms with Gasteiger partial charge in [0.25, 0.3) is 0 Å². The van der Waals surface area contributed by atoms with Crippen LogP contribution in [0.3, 0.4) is 0 Å². The largest absolute Gasteiger partial charge is 0.493 e. The lowest BCUT2D eigenvalue weighted by molar-refractivity contribution is 0.123. The van der Waals surface area contributed by atoms with E-state index in [4.69, 9.17) is 18.9 Å². The van der Waals surface area contributed by atoms with Crippen molar-refractivity contribution in [3.63, 3.8) is 0 Å². The summed E-state index contributed by atoms with van der Waals surface area (Å²) in [5.41, 5.74) is 2.73. The van der Waals surface area contributed by atoms with Crippen LogP contribution in [-0.2, 0) is 6.54 Å². The third-order valence-corrected chi connectivity index (χ3v) is 9.17. The third-order valence-electron chi connectivity index (χ3n) is 9.17. The number of benzene rings is 2. The van der Waals surface area contributed by atoms with Gasteiger partial charge in [-0.25, -0.2) is 24.3 Å². The van der Waals surface area contributed by atoms with E-state index in [1.165, 1.54) is 36.9 Å². The Labute approximate surface area is 314 Å². The number of anilines is 2. The van der Waals surface area contributed by atoms with Crippen LogP contribution in [0.5, 0.6) is 23.0 Å². The molecule has 0 bridgehead atoms. The minimum absolute atomic E-state index is 0.165. The van der Waals surface area contributed by atoms with E-state index in [9.17, 15) is 14.9 Å². The molecule has 0 saturated carbocycles. The standard InChI is InChI=1S/C39H45FN10O4/c1-3-51-33-17-26(18-34(52-4-2)37(33)27-5-7-28(40)8-6-27)25-50-15-11-30(12-16-50)49-39-46-23-32(24-47-39)54-36(20-42)35(19-41)53-31-21-44-38(45-22-31)48-29-9-13-43-14-10-29/h5-8,17-18,21-24,29-30,35-36,43H,3-4,9-16,25H2,1-2H3,(H,44,45,48)(H,46,47,49). The molecule has 3 N–H and O–H groups in total. The van der Waals surface area contributed by atoms with Crippen LogP contribution in [0.4, 0.5) is 16.3 Å². The van der Waals surface area contributed by atoms with Crippen molar-refractivity contribution in [2.24, 2.45) is 0 Å². The molecule has 0 spiro atoms. The first-order valence-electron chi connectivity index (χ1n) is 18.4. The third kappa shape index (κ3) is 10.2. The van der Waals surface area contributed by atoms with E-state index in [1.54, 1.807) is 12.1 Å². The molecule has 6 rings (SSSR count). The van der Waals surface area contributed by atoms with Gasteiger partial charge in [-0.1, -0.05) is 12.1 Å². The molecule has 2 saturated heterocycles. The molecule has 14 nitrogen and oxygen atoms in total. The summed E-state index contributed by atoms with van der Waals surface area (Å²) in [6, 6.07) is 14.9. The van der Waals surface area contributed by atoms with Gasteiger partial charge < -0.3 is 34.9 Å². The highest BCUT2D eigenvalue weighted by atomic mass is 19.1. The lowest BCUT2D eigenvalue weighted by Crippen LogP contribution is -2.39. The number of aromatic nitrogens is 4. The van der Waals surface area contributed by atoms with Crippen molar-refractivity contribution in [3.05, 3.63) is 72.6 Å². The normalized spacial score (nSPS) is 16.3. The van der Waals surface area contributed by atoms with Gasteiger partial charge in [0.1, 0.15) is 29.5 Å². The fourth-order valence-corrected chi connectivity index (χ4v) is 6.51. The predicted octanol–water partition coefficient (Wildman–Crippen LogP) is 5.35. The van der Waals surface area contributed by atoms with E-state index in [1.807, 2.05) is 38.1 Å². The van der Waals surface area contributed by atoms with Crippen molar-refractivity contribution >= 4 is 11.9 Å². The van der Waals surface area contributed by atoms with Crippen LogP contribution in [0.25, 0.3) is 11.1 Å². The number of hydrogen-bond acceptors (Lipinski definition) is 14. The monoisotopic (exact) mass is 736 g/mol. The van der Waals surface area contributed by atoms with Crippen LogP contribution >= 0.6 is 0 Å². The molecule has 2 aliphatic heterocycles. The molecule has 2 unspecified atom stereocenters. The lowest BCUT2D eigenvalue weighted by atomic mass is 9.99. The highest BCUT2D eigenvalue weighted by Gasteiger charge is 2.27. The fraction of sp³-hybridized carbons (Fsp3) is 0.436. The summed E-state index contributed by atoms with van der Waals surface area (Å²) < 4.78 is 37.2. The van der Waals surface area contributed by atoms with Gasteiger partial charge in [0, 0.05) is 31.7 Å². The molecule has 54 heavy (non-hydrogen) atoms. The zero-order valence-electron chi connectivity index (χ0n) is 30.5. The summed E-state index contributed by atoms with van der Waals surface area (Å²) in [5, 5.41) is 29.6. The smallest absolute Gasteiger partial charge is 0.234 e. The number of ether oxygens (including phenoxy) is 4. The maximum absolute atomic E-state index is 13.7. The van der Waals surface area contributed by atoms with Crippen molar-refractivity contribution in [2.45, 2.75) is 70.4 Å². The van der Waals surface area contributed by atoms with Gasteiger partial charge in [-0.2, -0.15) is 10.5 Å². The molecule has 2 aromatic carbocycles. The Kier molecular flexibility index (Phi) is 13.2. The highest BCUT2D eigenvalue weighted by Crippen LogP contribution is 2.40. The molecule has 4 aromatic rings. The van der Waals surface area contributed by atoms with Crippen molar-refractivity contribution in [2.75, 3.05) is 50.0 Å². The Balaban J connectivity index is 0.995. The van der Waals surface area contributed by atoms with Gasteiger partial charge >= 0.3 is 0 Å². The van der Waals surface area contributed by atoms with Gasteiger partial charge in [-0.05, 0) is 88.0 Å². The zero-order chi connectivity index (χ0) is 37.7. The molecule has 2 fully saturated rings. The van der Waals surface area contributed by atoms with Crippen LogP contribution in [-0.4, -0.2) is 88.5 Å². The number of rotatable bonds is 16. The number of halogens is 1.